The normalized spacial score (nSPS) is 25.9. The van der Waals surface area contributed by atoms with Crippen LogP contribution in [0.2, 0.25) is 0 Å². The molecule has 5 heteroatoms. The molecular formula is C13H15NO4. The van der Waals surface area contributed by atoms with Gasteiger partial charge in [0.05, 0.1) is 13.5 Å². The quantitative estimate of drug-likeness (QED) is 0.495. The third-order valence-electron chi connectivity index (χ3n) is 3.20. The average molecular weight is 249 g/mol. The van der Waals surface area contributed by atoms with Crippen molar-refractivity contribution in [1.29, 1.82) is 0 Å². The van der Waals surface area contributed by atoms with E-state index in [0.717, 1.165) is 5.56 Å². The number of carbonyl (C=O) groups excluding carboxylic acids is 1. The number of oxime groups is 1. The summed E-state index contributed by atoms with van der Waals surface area (Å²) in [7, 11) is 1.58. The van der Waals surface area contributed by atoms with E-state index in [1.165, 1.54) is 0 Å². The Labute approximate surface area is 105 Å². The zero-order valence-electron chi connectivity index (χ0n) is 10.3. The second kappa shape index (κ2) is 4.68. The summed E-state index contributed by atoms with van der Waals surface area (Å²) in [6, 6.07) is 7.14. The molecule has 1 heterocycles. The van der Waals surface area contributed by atoms with Crippen molar-refractivity contribution in [1.82, 2.24) is 0 Å². The van der Waals surface area contributed by atoms with E-state index >= 15 is 0 Å². The van der Waals surface area contributed by atoms with Gasteiger partial charge in [-0.15, -0.1) is 0 Å². The van der Waals surface area contributed by atoms with Gasteiger partial charge in [-0.1, -0.05) is 17.3 Å². The summed E-state index contributed by atoms with van der Waals surface area (Å²) in [5.74, 6) is 0.424. The Morgan fingerprint density at radius 3 is 2.56 bits per heavy atom. The van der Waals surface area contributed by atoms with Gasteiger partial charge in [-0.3, -0.25) is 4.79 Å². The lowest BCUT2D eigenvalue weighted by Crippen LogP contribution is -2.42. The van der Waals surface area contributed by atoms with E-state index in [-0.39, 0.29) is 12.4 Å². The zero-order valence-corrected chi connectivity index (χ0v) is 10.3. The lowest BCUT2D eigenvalue weighted by molar-refractivity contribution is -0.155. The van der Waals surface area contributed by atoms with Gasteiger partial charge in [0.15, 0.2) is 5.60 Å². The van der Waals surface area contributed by atoms with Crippen molar-refractivity contribution in [3.05, 3.63) is 29.8 Å². The number of ether oxygens (including phenoxy) is 2. The van der Waals surface area contributed by atoms with Crippen LogP contribution in [0, 0.1) is 0 Å². The van der Waals surface area contributed by atoms with E-state index in [9.17, 15) is 4.79 Å². The molecule has 1 aromatic carbocycles. The summed E-state index contributed by atoms with van der Waals surface area (Å²) in [5.41, 5.74) is 0.201. The standard InChI is InChI=1S/C13H15NO4/c1-13(9-3-5-10(17-2)6-4-9)11(14-16)7-8-12(15)18-13/h3-6,16H,7-8H2,1-2H3. The van der Waals surface area contributed by atoms with E-state index in [1.54, 1.807) is 38.3 Å². The molecule has 1 N–H and O–H groups in total. The summed E-state index contributed by atoms with van der Waals surface area (Å²) in [6.45, 7) is 1.72. The number of methoxy groups -OCH3 is 1. The molecule has 1 fully saturated rings. The Kier molecular flexibility index (Phi) is 3.23. The molecule has 0 aliphatic carbocycles. The van der Waals surface area contributed by atoms with Gasteiger partial charge in [-0.25, -0.2) is 0 Å². The van der Waals surface area contributed by atoms with E-state index in [4.69, 9.17) is 14.7 Å². The monoisotopic (exact) mass is 249 g/mol. The fourth-order valence-corrected chi connectivity index (χ4v) is 2.08. The van der Waals surface area contributed by atoms with Crippen LogP contribution < -0.4 is 4.74 Å². The Morgan fingerprint density at radius 1 is 1.33 bits per heavy atom. The predicted octanol–water partition coefficient (Wildman–Crippen LogP) is 2.08. The number of hydrogen-bond acceptors (Lipinski definition) is 5. The van der Waals surface area contributed by atoms with Gasteiger partial charge in [0.1, 0.15) is 11.5 Å². The van der Waals surface area contributed by atoms with Gasteiger partial charge in [0, 0.05) is 12.0 Å². The minimum atomic E-state index is -1.00. The highest BCUT2D eigenvalue weighted by Crippen LogP contribution is 2.34. The van der Waals surface area contributed by atoms with Crippen molar-refractivity contribution in [3.63, 3.8) is 0 Å². The Hall–Kier alpha value is -2.04. The first kappa shape index (κ1) is 12.4. The third-order valence-corrected chi connectivity index (χ3v) is 3.20. The molecule has 2 rings (SSSR count). The van der Waals surface area contributed by atoms with Crippen molar-refractivity contribution in [2.45, 2.75) is 25.4 Å². The number of benzene rings is 1. The summed E-state index contributed by atoms with van der Waals surface area (Å²) in [5, 5.41) is 12.3. The molecule has 1 atom stereocenters. The molecule has 18 heavy (non-hydrogen) atoms. The highest BCUT2D eigenvalue weighted by molar-refractivity contribution is 5.98. The van der Waals surface area contributed by atoms with Crippen LogP contribution in [0.4, 0.5) is 0 Å². The number of cyclic esters (lactones) is 1. The Bertz CT molecular complexity index is 480. The summed E-state index contributed by atoms with van der Waals surface area (Å²) in [4.78, 5) is 11.5. The third kappa shape index (κ3) is 2.03. The van der Waals surface area contributed by atoms with Crippen molar-refractivity contribution < 1.29 is 19.5 Å². The minimum Gasteiger partial charge on any atom is -0.497 e. The van der Waals surface area contributed by atoms with E-state index in [1.807, 2.05) is 0 Å². The lowest BCUT2D eigenvalue weighted by Gasteiger charge is -2.34. The first-order chi connectivity index (χ1) is 8.60. The van der Waals surface area contributed by atoms with Crippen LogP contribution in [0.15, 0.2) is 29.4 Å². The molecule has 0 saturated carbocycles. The number of rotatable bonds is 2. The van der Waals surface area contributed by atoms with E-state index < -0.39 is 5.60 Å². The first-order valence-corrected chi connectivity index (χ1v) is 5.68. The number of nitrogens with zero attached hydrogens (tertiary/aromatic N) is 1. The fraction of sp³-hybridized carbons (Fsp3) is 0.385. The van der Waals surface area contributed by atoms with Gasteiger partial charge < -0.3 is 14.7 Å². The number of hydrogen-bond donors (Lipinski definition) is 1. The Balaban J connectivity index is 2.40. The van der Waals surface area contributed by atoms with Crippen LogP contribution in [-0.4, -0.2) is 24.0 Å². The van der Waals surface area contributed by atoms with Crippen molar-refractivity contribution in [3.8, 4) is 5.75 Å². The fourth-order valence-electron chi connectivity index (χ4n) is 2.08. The molecule has 1 aromatic rings. The SMILES string of the molecule is COc1ccc(C2(C)OC(=O)CCC2=NO)cc1. The molecule has 1 unspecified atom stereocenters. The van der Waals surface area contributed by atoms with Crippen LogP contribution in [0.5, 0.6) is 5.75 Å². The number of esters is 1. The molecule has 5 nitrogen and oxygen atoms in total. The van der Waals surface area contributed by atoms with Gasteiger partial charge in [0.25, 0.3) is 0 Å². The second-order valence-electron chi connectivity index (χ2n) is 4.28. The van der Waals surface area contributed by atoms with Crippen molar-refractivity contribution >= 4 is 11.7 Å². The lowest BCUT2D eigenvalue weighted by atomic mass is 9.86. The predicted molar refractivity (Wildman–Crippen MR) is 64.9 cm³/mol. The van der Waals surface area contributed by atoms with Crippen LogP contribution in [0.3, 0.4) is 0 Å². The molecule has 0 radical (unpaired) electrons. The second-order valence-corrected chi connectivity index (χ2v) is 4.28. The number of carbonyl (C=O) groups is 1. The van der Waals surface area contributed by atoms with Crippen LogP contribution >= 0.6 is 0 Å². The molecule has 96 valence electrons. The Morgan fingerprint density at radius 2 is 2.00 bits per heavy atom. The maximum Gasteiger partial charge on any atom is 0.307 e. The molecule has 0 aromatic heterocycles. The van der Waals surface area contributed by atoms with Gasteiger partial charge >= 0.3 is 5.97 Å². The maximum absolute atomic E-state index is 11.5. The first-order valence-electron chi connectivity index (χ1n) is 5.68. The van der Waals surface area contributed by atoms with Gasteiger partial charge in [-0.2, -0.15) is 0 Å². The molecule has 0 spiro atoms. The van der Waals surface area contributed by atoms with E-state index in [0.29, 0.717) is 17.9 Å². The molecule has 0 amide bonds. The van der Waals surface area contributed by atoms with Crippen LogP contribution in [0.1, 0.15) is 25.3 Å². The molecule has 1 saturated heterocycles. The highest BCUT2D eigenvalue weighted by atomic mass is 16.6. The topological polar surface area (TPSA) is 68.1 Å². The van der Waals surface area contributed by atoms with Crippen molar-refractivity contribution in [2.24, 2.45) is 5.16 Å². The van der Waals surface area contributed by atoms with Gasteiger partial charge in [0.2, 0.25) is 0 Å². The summed E-state index contributed by atoms with van der Waals surface area (Å²) >= 11 is 0. The largest absolute Gasteiger partial charge is 0.497 e. The van der Waals surface area contributed by atoms with Crippen molar-refractivity contribution in [2.75, 3.05) is 7.11 Å². The minimum absolute atomic E-state index is 0.241. The van der Waals surface area contributed by atoms with Crippen LogP contribution in [-0.2, 0) is 15.1 Å². The molecular weight excluding hydrogens is 234 g/mol. The summed E-state index contributed by atoms with van der Waals surface area (Å²) in [6.07, 6.45) is 0.642. The maximum atomic E-state index is 11.5. The van der Waals surface area contributed by atoms with Crippen LogP contribution in [0.25, 0.3) is 0 Å². The van der Waals surface area contributed by atoms with E-state index in [2.05, 4.69) is 5.16 Å². The smallest absolute Gasteiger partial charge is 0.307 e. The summed E-state index contributed by atoms with van der Waals surface area (Å²) < 4.78 is 10.4. The van der Waals surface area contributed by atoms with Gasteiger partial charge in [-0.05, 0) is 19.1 Å². The zero-order chi connectivity index (χ0) is 13.2. The average Bonchev–Trinajstić information content (AvgIpc) is 2.39. The molecule has 1 aliphatic rings. The molecule has 0 bridgehead atoms. The highest BCUT2D eigenvalue weighted by Gasteiger charge is 2.41. The molecule has 1 aliphatic heterocycles.